The molecule has 2 aliphatic rings. The zero-order valence-corrected chi connectivity index (χ0v) is 9.18. The molecule has 3 N–H and O–H groups in total. The molecule has 16 heavy (non-hydrogen) atoms. The van der Waals surface area contributed by atoms with Crippen LogP contribution in [0.25, 0.3) is 0 Å². The van der Waals surface area contributed by atoms with E-state index in [1.54, 1.807) is 6.33 Å². The Morgan fingerprint density at radius 2 is 2.44 bits per heavy atom. The summed E-state index contributed by atoms with van der Waals surface area (Å²) in [5.74, 6) is 0.817. The summed E-state index contributed by atoms with van der Waals surface area (Å²) in [6.45, 7) is 2.55. The summed E-state index contributed by atoms with van der Waals surface area (Å²) in [5, 5.41) is 9.75. The average molecular weight is 224 g/mol. The number of aliphatic hydroxyl groups is 1. The van der Waals surface area contributed by atoms with Crippen LogP contribution in [0.3, 0.4) is 0 Å². The van der Waals surface area contributed by atoms with Gasteiger partial charge in [-0.2, -0.15) is 0 Å². The number of imidazole rings is 1. The molecular formula is C10H16N4O2. The summed E-state index contributed by atoms with van der Waals surface area (Å²) in [7, 11) is 0. The minimum atomic E-state index is -0.545. The van der Waals surface area contributed by atoms with Gasteiger partial charge in [0.1, 0.15) is 23.8 Å². The fourth-order valence-corrected chi connectivity index (χ4v) is 2.28. The molecular weight excluding hydrogens is 208 g/mol. The number of rotatable bonds is 1. The van der Waals surface area contributed by atoms with Crippen LogP contribution in [-0.4, -0.2) is 27.3 Å². The average Bonchev–Trinajstić information content (AvgIpc) is 2.84. The number of nitrogens with one attached hydrogen (secondary N) is 2. The van der Waals surface area contributed by atoms with E-state index in [1.165, 1.54) is 0 Å². The minimum Gasteiger partial charge on any atom is -0.385 e. The van der Waals surface area contributed by atoms with Gasteiger partial charge in [-0.3, -0.25) is 4.57 Å². The topological polar surface area (TPSA) is 71.3 Å². The summed E-state index contributed by atoms with van der Waals surface area (Å²) in [6.07, 6.45) is 3.57. The Balaban J connectivity index is 1.91. The molecule has 3 heterocycles. The van der Waals surface area contributed by atoms with E-state index in [2.05, 4.69) is 22.8 Å². The molecule has 3 rings (SSSR count). The van der Waals surface area contributed by atoms with E-state index in [-0.39, 0.29) is 6.23 Å². The monoisotopic (exact) mass is 224 g/mol. The van der Waals surface area contributed by atoms with Gasteiger partial charge in [-0.15, -0.1) is 0 Å². The Labute approximate surface area is 93.6 Å². The summed E-state index contributed by atoms with van der Waals surface area (Å²) in [4.78, 5) is 4.24. The van der Waals surface area contributed by atoms with Crippen LogP contribution in [0, 0.1) is 0 Å². The molecule has 0 saturated carbocycles. The summed E-state index contributed by atoms with van der Waals surface area (Å²) >= 11 is 0. The van der Waals surface area contributed by atoms with Crippen LogP contribution in [0.15, 0.2) is 6.33 Å². The maximum atomic E-state index is 9.75. The normalized spacial score (nSPS) is 33.5. The molecule has 0 aromatic carbocycles. The van der Waals surface area contributed by atoms with Crippen molar-refractivity contribution in [1.82, 2.24) is 15.0 Å². The molecule has 3 atom stereocenters. The lowest BCUT2D eigenvalue weighted by molar-refractivity contribution is 0.0118. The molecule has 0 amide bonds. The highest BCUT2D eigenvalue weighted by molar-refractivity contribution is 5.44. The van der Waals surface area contributed by atoms with Crippen molar-refractivity contribution < 1.29 is 9.84 Å². The number of anilines is 1. The molecule has 6 nitrogen and oxygen atoms in total. The number of aliphatic hydroxyl groups excluding tert-OH is 1. The van der Waals surface area contributed by atoms with E-state index in [4.69, 9.17) is 4.74 Å². The van der Waals surface area contributed by atoms with Crippen molar-refractivity contribution in [2.24, 2.45) is 0 Å². The molecule has 0 radical (unpaired) electrons. The first kappa shape index (κ1) is 10.1. The van der Waals surface area contributed by atoms with Crippen LogP contribution in [0.5, 0.6) is 0 Å². The van der Waals surface area contributed by atoms with Crippen LogP contribution in [0.4, 0.5) is 5.82 Å². The Bertz CT molecular complexity index is 392. The number of hydrazine groups is 1. The highest BCUT2D eigenvalue weighted by atomic mass is 16.5. The fraction of sp³-hybridized carbons (Fsp3) is 0.700. The zero-order valence-electron chi connectivity index (χ0n) is 9.18. The van der Waals surface area contributed by atoms with Gasteiger partial charge in [0.05, 0.1) is 12.4 Å². The van der Waals surface area contributed by atoms with Gasteiger partial charge in [-0.25, -0.2) is 10.4 Å². The van der Waals surface area contributed by atoms with Gasteiger partial charge in [-0.1, -0.05) is 0 Å². The van der Waals surface area contributed by atoms with E-state index < -0.39 is 6.10 Å². The minimum absolute atomic E-state index is 0.0332. The predicted molar refractivity (Wildman–Crippen MR) is 57.6 cm³/mol. The van der Waals surface area contributed by atoms with Crippen molar-refractivity contribution in [3.63, 3.8) is 0 Å². The summed E-state index contributed by atoms with van der Waals surface area (Å²) in [5.41, 5.74) is 6.68. The molecule has 1 aromatic heterocycles. The molecule has 6 heteroatoms. The zero-order chi connectivity index (χ0) is 11.1. The molecule has 1 saturated heterocycles. The number of fused-ring (bicyclic) bond motifs is 1. The van der Waals surface area contributed by atoms with Crippen molar-refractivity contribution in [3.8, 4) is 0 Å². The molecule has 0 aliphatic carbocycles. The van der Waals surface area contributed by atoms with Gasteiger partial charge in [0.15, 0.2) is 0 Å². The maximum absolute atomic E-state index is 9.75. The highest BCUT2D eigenvalue weighted by Gasteiger charge is 2.29. The standard InChI is InChI=1S/C10H16N4O2/c1-6-2-3-8(16-6)14-5-11-9-7(15)4-12-13-10(9)14/h5-8,12-13,15H,2-4H2,1H3. The summed E-state index contributed by atoms with van der Waals surface area (Å²) in [6, 6.07) is 0. The third-order valence-electron chi connectivity index (χ3n) is 3.16. The smallest absolute Gasteiger partial charge is 0.148 e. The second kappa shape index (κ2) is 3.73. The van der Waals surface area contributed by atoms with Crippen LogP contribution >= 0.6 is 0 Å². The van der Waals surface area contributed by atoms with Crippen molar-refractivity contribution in [3.05, 3.63) is 12.0 Å². The second-order valence-electron chi connectivity index (χ2n) is 4.39. The lowest BCUT2D eigenvalue weighted by Gasteiger charge is -2.23. The van der Waals surface area contributed by atoms with Gasteiger partial charge in [0, 0.05) is 6.54 Å². The second-order valence-corrected chi connectivity index (χ2v) is 4.39. The molecule has 2 aliphatic heterocycles. The maximum Gasteiger partial charge on any atom is 0.148 e. The molecule has 0 bridgehead atoms. The molecule has 0 spiro atoms. The van der Waals surface area contributed by atoms with Gasteiger partial charge >= 0.3 is 0 Å². The highest BCUT2D eigenvalue weighted by Crippen LogP contribution is 2.33. The Morgan fingerprint density at radius 1 is 1.56 bits per heavy atom. The van der Waals surface area contributed by atoms with Crippen molar-refractivity contribution in [1.29, 1.82) is 0 Å². The first-order valence-corrected chi connectivity index (χ1v) is 5.65. The quantitative estimate of drug-likeness (QED) is 0.649. The number of nitrogens with zero attached hydrogens (tertiary/aromatic N) is 2. The Kier molecular flexibility index (Phi) is 2.34. The van der Waals surface area contributed by atoms with E-state index in [9.17, 15) is 5.11 Å². The van der Waals surface area contributed by atoms with Crippen molar-refractivity contribution in [2.45, 2.75) is 38.2 Å². The fourth-order valence-electron chi connectivity index (χ4n) is 2.28. The van der Waals surface area contributed by atoms with Crippen molar-refractivity contribution >= 4 is 5.82 Å². The Morgan fingerprint density at radius 3 is 3.19 bits per heavy atom. The molecule has 1 aromatic rings. The predicted octanol–water partition coefficient (Wildman–Crippen LogP) is 0.544. The van der Waals surface area contributed by atoms with Gasteiger partial charge in [0.2, 0.25) is 0 Å². The van der Waals surface area contributed by atoms with E-state index >= 15 is 0 Å². The third kappa shape index (κ3) is 1.50. The summed E-state index contributed by atoms with van der Waals surface area (Å²) < 4.78 is 7.73. The van der Waals surface area contributed by atoms with E-state index in [1.807, 2.05) is 4.57 Å². The van der Waals surface area contributed by atoms with Gasteiger partial charge in [0.25, 0.3) is 0 Å². The number of β-amino-alcohol motifs (C(OH)–C–C–N with tert-alkyl or cyclic N) is 1. The van der Waals surface area contributed by atoms with Crippen molar-refractivity contribution in [2.75, 3.05) is 12.0 Å². The van der Waals surface area contributed by atoms with Gasteiger partial charge in [-0.05, 0) is 19.8 Å². The molecule has 1 fully saturated rings. The van der Waals surface area contributed by atoms with Crippen LogP contribution < -0.4 is 10.9 Å². The molecule has 88 valence electrons. The largest absolute Gasteiger partial charge is 0.385 e. The lowest BCUT2D eigenvalue weighted by Crippen LogP contribution is -2.34. The van der Waals surface area contributed by atoms with Crippen LogP contribution in [0.2, 0.25) is 0 Å². The van der Waals surface area contributed by atoms with E-state index in [0.29, 0.717) is 18.3 Å². The first-order chi connectivity index (χ1) is 7.75. The lowest BCUT2D eigenvalue weighted by atomic mass is 10.2. The van der Waals surface area contributed by atoms with Crippen LogP contribution in [-0.2, 0) is 4.74 Å². The first-order valence-electron chi connectivity index (χ1n) is 5.65. The third-order valence-corrected chi connectivity index (χ3v) is 3.16. The Hall–Kier alpha value is -1.11. The number of hydrogen-bond acceptors (Lipinski definition) is 5. The van der Waals surface area contributed by atoms with E-state index in [0.717, 1.165) is 18.7 Å². The number of ether oxygens (including phenoxy) is 1. The number of hydrogen-bond donors (Lipinski definition) is 3. The van der Waals surface area contributed by atoms with Gasteiger partial charge < -0.3 is 15.3 Å². The molecule has 3 unspecified atom stereocenters. The SMILES string of the molecule is CC1CCC(n2cnc3c2NNCC3O)O1. The number of aromatic nitrogens is 2. The van der Waals surface area contributed by atoms with Crippen LogP contribution in [0.1, 0.15) is 37.8 Å².